The Bertz CT molecular complexity index is 895. The minimum Gasteiger partial charge on any atom is -0.371 e. The summed E-state index contributed by atoms with van der Waals surface area (Å²) in [6.07, 6.45) is 4.30. The number of para-hydroxylation sites is 1. The molecular weight excluding hydrogens is 362 g/mol. The van der Waals surface area contributed by atoms with Gasteiger partial charge >= 0.3 is 6.03 Å². The second-order valence-electron chi connectivity index (χ2n) is 6.75. The van der Waals surface area contributed by atoms with Crippen LogP contribution in [0.5, 0.6) is 0 Å². The zero-order valence-corrected chi connectivity index (χ0v) is 16.3. The van der Waals surface area contributed by atoms with E-state index in [0.717, 1.165) is 38.6 Å². The van der Waals surface area contributed by atoms with Crippen molar-refractivity contribution in [2.75, 3.05) is 36.1 Å². The molecule has 0 radical (unpaired) electrons. The first-order valence-corrected chi connectivity index (χ1v) is 11.0. The van der Waals surface area contributed by atoms with Gasteiger partial charge in [0, 0.05) is 37.3 Å². The molecule has 0 aromatic heterocycles. The molecule has 0 spiro atoms. The number of carbonyl (C=O) groups is 1. The summed E-state index contributed by atoms with van der Waals surface area (Å²) >= 11 is 0. The fourth-order valence-corrected chi connectivity index (χ4v) is 3.91. The fraction of sp³-hybridized carbons (Fsp3) is 0.350. The van der Waals surface area contributed by atoms with Crippen LogP contribution >= 0.6 is 0 Å². The van der Waals surface area contributed by atoms with E-state index in [1.807, 2.05) is 0 Å². The Morgan fingerprint density at radius 2 is 1.85 bits per heavy atom. The summed E-state index contributed by atoms with van der Waals surface area (Å²) in [7, 11) is -3.23. The number of fused-ring (bicyclic) bond motifs is 1. The third-order valence-electron chi connectivity index (χ3n) is 4.64. The van der Waals surface area contributed by atoms with Gasteiger partial charge in [-0.2, -0.15) is 0 Å². The Kier molecular flexibility index (Phi) is 6.01. The van der Waals surface area contributed by atoms with Crippen molar-refractivity contribution in [2.24, 2.45) is 0 Å². The number of nitrogens with one attached hydrogen (secondary N) is 2. The molecule has 0 unspecified atom stereocenters. The lowest BCUT2D eigenvalue weighted by Gasteiger charge is -2.31. The highest BCUT2D eigenvalue weighted by atomic mass is 32.2. The van der Waals surface area contributed by atoms with Crippen molar-refractivity contribution in [3.63, 3.8) is 0 Å². The van der Waals surface area contributed by atoms with Gasteiger partial charge in [0.15, 0.2) is 9.84 Å². The van der Waals surface area contributed by atoms with Crippen molar-refractivity contribution < 1.29 is 13.2 Å². The molecule has 3 rings (SSSR count). The van der Waals surface area contributed by atoms with E-state index < -0.39 is 9.84 Å². The van der Waals surface area contributed by atoms with E-state index in [0.29, 0.717) is 12.2 Å². The SMILES string of the molecule is CS(=O)(=O)c1ccc(NC(=O)NCCCN2CCCc3ccccc32)cc1. The summed E-state index contributed by atoms with van der Waals surface area (Å²) in [4.78, 5) is 14.6. The third-order valence-corrected chi connectivity index (χ3v) is 5.77. The molecule has 1 heterocycles. The third kappa shape index (κ3) is 5.23. The first-order chi connectivity index (χ1) is 12.9. The molecule has 1 aliphatic heterocycles. The van der Waals surface area contributed by atoms with Crippen LogP contribution in [-0.4, -0.2) is 40.3 Å². The average Bonchev–Trinajstić information content (AvgIpc) is 2.65. The number of nitrogens with zero attached hydrogens (tertiary/aromatic N) is 1. The number of rotatable bonds is 6. The molecule has 144 valence electrons. The van der Waals surface area contributed by atoms with Crippen LogP contribution in [0.1, 0.15) is 18.4 Å². The Labute approximate surface area is 160 Å². The van der Waals surface area contributed by atoms with Gasteiger partial charge in [-0.1, -0.05) is 18.2 Å². The predicted molar refractivity (Wildman–Crippen MR) is 108 cm³/mol. The monoisotopic (exact) mass is 387 g/mol. The first-order valence-electron chi connectivity index (χ1n) is 9.11. The molecule has 0 saturated carbocycles. The van der Waals surface area contributed by atoms with Gasteiger partial charge in [0.05, 0.1) is 4.90 Å². The summed E-state index contributed by atoms with van der Waals surface area (Å²) in [6.45, 7) is 2.53. The highest BCUT2D eigenvalue weighted by Gasteiger charge is 2.15. The minimum absolute atomic E-state index is 0.232. The van der Waals surface area contributed by atoms with Crippen molar-refractivity contribution >= 4 is 27.2 Å². The Morgan fingerprint density at radius 1 is 1.11 bits per heavy atom. The van der Waals surface area contributed by atoms with Crippen LogP contribution in [0.2, 0.25) is 0 Å². The number of amides is 2. The van der Waals surface area contributed by atoms with Crippen molar-refractivity contribution in [1.29, 1.82) is 0 Å². The molecule has 2 aromatic rings. The van der Waals surface area contributed by atoms with Crippen LogP contribution in [0.15, 0.2) is 53.4 Å². The van der Waals surface area contributed by atoms with E-state index in [2.05, 4.69) is 39.8 Å². The maximum atomic E-state index is 12.0. The van der Waals surface area contributed by atoms with Gasteiger partial charge in [-0.3, -0.25) is 0 Å². The Morgan fingerprint density at radius 3 is 2.59 bits per heavy atom. The van der Waals surface area contributed by atoms with Gasteiger partial charge in [0.25, 0.3) is 0 Å². The van der Waals surface area contributed by atoms with Crippen molar-refractivity contribution in [3.8, 4) is 0 Å². The lowest BCUT2D eigenvalue weighted by atomic mass is 10.0. The summed E-state index contributed by atoms with van der Waals surface area (Å²) in [5, 5.41) is 5.56. The molecule has 6 nitrogen and oxygen atoms in total. The van der Waals surface area contributed by atoms with Crippen LogP contribution in [0.3, 0.4) is 0 Å². The zero-order chi connectivity index (χ0) is 19.3. The quantitative estimate of drug-likeness (QED) is 0.747. The van der Waals surface area contributed by atoms with E-state index in [1.165, 1.54) is 23.4 Å². The molecule has 0 aliphatic carbocycles. The number of aryl methyl sites for hydroxylation is 1. The molecule has 0 bridgehead atoms. The zero-order valence-electron chi connectivity index (χ0n) is 15.4. The number of hydrogen-bond donors (Lipinski definition) is 2. The molecule has 2 N–H and O–H groups in total. The summed E-state index contributed by atoms with van der Waals surface area (Å²) in [6, 6.07) is 14.3. The normalized spacial score (nSPS) is 13.7. The second-order valence-corrected chi connectivity index (χ2v) is 8.77. The van der Waals surface area contributed by atoms with Crippen LogP contribution < -0.4 is 15.5 Å². The smallest absolute Gasteiger partial charge is 0.319 e. The summed E-state index contributed by atoms with van der Waals surface area (Å²) in [5.41, 5.74) is 3.26. The maximum absolute atomic E-state index is 12.0. The largest absolute Gasteiger partial charge is 0.371 e. The number of hydrogen-bond acceptors (Lipinski definition) is 4. The van der Waals surface area contributed by atoms with Gasteiger partial charge in [-0.05, 0) is 55.2 Å². The first kappa shape index (κ1) is 19.2. The predicted octanol–water partition coefficient (Wildman–Crippen LogP) is 3.05. The summed E-state index contributed by atoms with van der Waals surface area (Å²) in [5.74, 6) is 0. The number of urea groups is 1. The van der Waals surface area contributed by atoms with Crippen molar-refractivity contribution in [2.45, 2.75) is 24.2 Å². The van der Waals surface area contributed by atoms with Crippen LogP contribution in [0.25, 0.3) is 0 Å². The molecule has 2 amide bonds. The van der Waals surface area contributed by atoms with E-state index >= 15 is 0 Å². The highest BCUT2D eigenvalue weighted by Crippen LogP contribution is 2.26. The van der Waals surface area contributed by atoms with Crippen molar-refractivity contribution in [1.82, 2.24) is 5.32 Å². The van der Waals surface area contributed by atoms with Gasteiger partial charge in [0.2, 0.25) is 0 Å². The Balaban J connectivity index is 1.43. The molecule has 0 fully saturated rings. The molecular formula is C20H25N3O3S. The Hall–Kier alpha value is -2.54. The average molecular weight is 388 g/mol. The van der Waals surface area contributed by atoms with Crippen LogP contribution in [-0.2, 0) is 16.3 Å². The van der Waals surface area contributed by atoms with Crippen LogP contribution in [0, 0.1) is 0 Å². The van der Waals surface area contributed by atoms with Crippen molar-refractivity contribution in [3.05, 3.63) is 54.1 Å². The maximum Gasteiger partial charge on any atom is 0.319 e. The fourth-order valence-electron chi connectivity index (χ4n) is 3.28. The number of anilines is 2. The number of sulfone groups is 1. The molecule has 7 heteroatoms. The summed E-state index contributed by atoms with van der Waals surface area (Å²) < 4.78 is 22.9. The highest BCUT2D eigenvalue weighted by molar-refractivity contribution is 7.90. The molecule has 0 saturated heterocycles. The van der Waals surface area contributed by atoms with Gasteiger partial charge in [-0.15, -0.1) is 0 Å². The van der Waals surface area contributed by atoms with Gasteiger partial charge in [0.1, 0.15) is 0 Å². The van der Waals surface area contributed by atoms with E-state index in [9.17, 15) is 13.2 Å². The topological polar surface area (TPSA) is 78.5 Å². The van der Waals surface area contributed by atoms with E-state index in [-0.39, 0.29) is 10.9 Å². The lowest BCUT2D eigenvalue weighted by molar-refractivity contribution is 0.252. The molecule has 27 heavy (non-hydrogen) atoms. The molecule has 2 aromatic carbocycles. The van der Waals surface area contributed by atoms with Gasteiger partial charge in [-0.25, -0.2) is 13.2 Å². The van der Waals surface area contributed by atoms with Crippen LogP contribution in [0.4, 0.5) is 16.2 Å². The van der Waals surface area contributed by atoms with E-state index in [4.69, 9.17) is 0 Å². The molecule has 0 atom stereocenters. The minimum atomic E-state index is -3.23. The number of benzene rings is 2. The molecule has 1 aliphatic rings. The number of carbonyl (C=O) groups excluding carboxylic acids is 1. The second kappa shape index (κ2) is 8.43. The lowest BCUT2D eigenvalue weighted by Crippen LogP contribution is -2.34. The van der Waals surface area contributed by atoms with Gasteiger partial charge < -0.3 is 15.5 Å². The van der Waals surface area contributed by atoms with E-state index in [1.54, 1.807) is 12.1 Å². The standard InChI is InChI=1S/C20H25N3O3S/c1-27(25,26)18-11-9-17(10-12-18)22-20(24)21-13-5-15-23-14-4-7-16-6-2-3-8-19(16)23/h2-3,6,8-12H,4-5,7,13-15H2,1H3,(H2,21,22,24).